The summed E-state index contributed by atoms with van der Waals surface area (Å²) in [6.07, 6.45) is 5.87. The number of aromatic nitrogens is 3. The molecule has 0 spiro atoms. The average molecular weight is 393 g/mol. The van der Waals surface area contributed by atoms with Gasteiger partial charge in [-0.1, -0.05) is 0 Å². The van der Waals surface area contributed by atoms with Crippen LogP contribution in [-0.2, 0) is 11.3 Å². The number of carbonyl (C=O) groups is 2. The SMILES string of the molecule is CC(=O)Nc1ccc2cnn(CC3(O)CCN(C(=O)c4cccnc4)CC3)c2c1. The highest BCUT2D eigenvalue weighted by Gasteiger charge is 2.35. The van der Waals surface area contributed by atoms with Gasteiger partial charge in [0.05, 0.1) is 29.4 Å². The minimum Gasteiger partial charge on any atom is -0.388 e. The monoisotopic (exact) mass is 393 g/mol. The normalized spacial score (nSPS) is 16.0. The number of amides is 2. The number of piperidine rings is 1. The Morgan fingerprint density at radius 1 is 1.21 bits per heavy atom. The third-order valence-electron chi connectivity index (χ3n) is 5.30. The first-order chi connectivity index (χ1) is 13.9. The Morgan fingerprint density at radius 2 is 2.00 bits per heavy atom. The average Bonchev–Trinajstić information content (AvgIpc) is 3.10. The molecule has 1 aromatic carbocycles. The first-order valence-corrected chi connectivity index (χ1v) is 9.58. The molecule has 0 unspecified atom stereocenters. The fraction of sp³-hybridized carbons (Fsp3) is 0.333. The van der Waals surface area contributed by atoms with Gasteiger partial charge in [0.15, 0.2) is 0 Å². The summed E-state index contributed by atoms with van der Waals surface area (Å²) in [6, 6.07) is 9.06. The highest BCUT2D eigenvalue weighted by molar-refractivity contribution is 5.94. The molecule has 0 radical (unpaired) electrons. The molecule has 8 nitrogen and oxygen atoms in total. The second kappa shape index (κ2) is 7.63. The molecule has 2 N–H and O–H groups in total. The second-order valence-electron chi connectivity index (χ2n) is 7.52. The molecule has 0 bridgehead atoms. The maximum atomic E-state index is 12.6. The Morgan fingerprint density at radius 3 is 2.69 bits per heavy atom. The van der Waals surface area contributed by atoms with Crippen molar-refractivity contribution < 1.29 is 14.7 Å². The van der Waals surface area contributed by atoms with E-state index >= 15 is 0 Å². The molecular formula is C21H23N5O3. The van der Waals surface area contributed by atoms with Gasteiger partial charge in [-0.25, -0.2) is 0 Å². The fourth-order valence-corrected chi connectivity index (χ4v) is 3.71. The number of rotatable bonds is 4. The van der Waals surface area contributed by atoms with Crippen LogP contribution in [0.15, 0.2) is 48.9 Å². The summed E-state index contributed by atoms with van der Waals surface area (Å²) in [6.45, 7) is 2.74. The molecule has 8 heteroatoms. The standard InChI is InChI=1S/C21H23N5O3/c1-15(27)24-18-5-4-16-13-23-26(19(16)11-18)14-21(29)6-9-25(10-7-21)20(28)17-3-2-8-22-12-17/h2-5,8,11-13,29H,6-7,9-10,14H2,1H3,(H,24,27). The molecular weight excluding hydrogens is 370 g/mol. The lowest BCUT2D eigenvalue weighted by Crippen LogP contribution is -2.48. The molecule has 1 aliphatic heterocycles. The van der Waals surface area contributed by atoms with Crippen LogP contribution < -0.4 is 5.32 Å². The summed E-state index contributed by atoms with van der Waals surface area (Å²) in [5, 5.41) is 19.2. The topological polar surface area (TPSA) is 100 Å². The van der Waals surface area contributed by atoms with Crippen LogP contribution in [0.25, 0.3) is 10.9 Å². The van der Waals surface area contributed by atoms with E-state index in [0.717, 1.165) is 10.9 Å². The van der Waals surface area contributed by atoms with Gasteiger partial charge in [-0.3, -0.25) is 19.3 Å². The number of anilines is 1. The van der Waals surface area contributed by atoms with Crippen molar-refractivity contribution in [3.05, 3.63) is 54.5 Å². The largest absolute Gasteiger partial charge is 0.388 e. The molecule has 3 aromatic rings. The number of nitrogens with one attached hydrogen (secondary N) is 1. The molecule has 1 fully saturated rings. The number of nitrogens with zero attached hydrogens (tertiary/aromatic N) is 4. The zero-order valence-corrected chi connectivity index (χ0v) is 16.2. The first kappa shape index (κ1) is 19.1. The van der Waals surface area contributed by atoms with Crippen molar-refractivity contribution in [2.45, 2.75) is 31.9 Å². The molecule has 29 heavy (non-hydrogen) atoms. The van der Waals surface area contributed by atoms with Gasteiger partial charge in [-0.15, -0.1) is 0 Å². The van der Waals surface area contributed by atoms with E-state index in [1.165, 1.54) is 6.92 Å². The lowest BCUT2D eigenvalue weighted by Gasteiger charge is -2.38. The van der Waals surface area contributed by atoms with E-state index < -0.39 is 5.60 Å². The molecule has 0 saturated carbocycles. The molecule has 3 heterocycles. The molecule has 2 amide bonds. The van der Waals surface area contributed by atoms with Crippen molar-refractivity contribution in [3.63, 3.8) is 0 Å². The summed E-state index contributed by atoms with van der Waals surface area (Å²) in [7, 11) is 0. The van der Waals surface area contributed by atoms with Gasteiger partial charge >= 0.3 is 0 Å². The van der Waals surface area contributed by atoms with Crippen molar-refractivity contribution in [2.24, 2.45) is 0 Å². The van der Waals surface area contributed by atoms with Crippen LogP contribution in [0.2, 0.25) is 0 Å². The number of hydrogen-bond acceptors (Lipinski definition) is 5. The van der Waals surface area contributed by atoms with Crippen molar-refractivity contribution in [1.29, 1.82) is 0 Å². The number of benzene rings is 1. The number of aliphatic hydroxyl groups is 1. The summed E-state index contributed by atoms with van der Waals surface area (Å²) in [5.41, 5.74) is 1.14. The summed E-state index contributed by atoms with van der Waals surface area (Å²) in [4.78, 5) is 29.6. The van der Waals surface area contributed by atoms with Gasteiger partial charge in [0.1, 0.15) is 0 Å². The van der Waals surface area contributed by atoms with E-state index in [0.29, 0.717) is 43.7 Å². The minimum atomic E-state index is -0.950. The van der Waals surface area contributed by atoms with E-state index in [2.05, 4.69) is 15.4 Å². The second-order valence-corrected chi connectivity index (χ2v) is 7.52. The molecule has 1 saturated heterocycles. The summed E-state index contributed by atoms with van der Waals surface area (Å²) >= 11 is 0. The molecule has 150 valence electrons. The number of hydrogen-bond donors (Lipinski definition) is 2. The highest BCUT2D eigenvalue weighted by atomic mass is 16.3. The van der Waals surface area contributed by atoms with Gasteiger partial charge in [0.2, 0.25) is 5.91 Å². The minimum absolute atomic E-state index is 0.0652. The van der Waals surface area contributed by atoms with Gasteiger partial charge < -0.3 is 15.3 Å². The molecule has 1 aliphatic rings. The van der Waals surface area contributed by atoms with Crippen LogP contribution in [0.1, 0.15) is 30.1 Å². The molecule has 2 aromatic heterocycles. The number of pyridine rings is 1. The van der Waals surface area contributed by atoms with Gasteiger partial charge in [0.25, 0.3) is 5.91 Å². The van der Waals surface area contributed by atoms with Crippen molar-refractivity contribution in [3.8, 4) is 0 Å². The quantitative estimate of drug-likeness (QED) is 0.707. The van der Waals surface area contributed by atoms with Gasteiger partial charge in [-0.2, -0.15) is 5.10 Å². The van der Waals surface area contributed by atoms with Crippen LogP contribution in [0, 0.1) is 0 Å². The zero-order chi connectivity index (χ0) is 20.4. The smallest absolute Gasteiger partial charge is 0.255 e. The number of likely N-dealkylation sites (tertiary alicyclic amines) is 1. The van der Waals surface area contributed by atoms with E-state index in [9.17, 15) is 14.7 Å². The third kappa shape index (κ3) is 4.12. The maximum Gasteiger partial charge on any atom is 0.255 e. The molecule has 4 rings (SSSR count). The maximum absolute atomic E-state index is 12.6. The lowest BCUT2D eigenvalue weighted by atomic mass is 9.91. The van der Waals surface area contributed by atoms with Crippen LogP contribution in [0.5, 0.6) is 0 Å². The van der Waals surface area contributed by atoms with Crippen molar-refractivity contribution in [2.75, 3.05) is 18.4 Å². The number of carbonyl (C=O) groups excluding carboxylic acids is 2. The van der Waals surface area contributed by atoms with E-state index in [1.807, 2.05) is 18.2 Å². The number of fused-ring (bicyclic) bond motifs is 1. The Labute approximate surface area is 168 Å². The first-order valence-electron chi connectivity index (χ1n) is 9.58. The van der Waals surface area contributed by atoms with Gasteiger partial charge in [-0.05, 0) is 43.2 Å². The summed E-state index contributed by atoms with van der Waals surface area (Å²) < 4.78 is 1.76. The molecule has 0 aliphatic carbocycles. The van der Waals surface area contributed by atoms with E-state index in [4.69, 9.17) is 0 Å². The van der Waals surface area contributed by atoms with Crippen LogP contribution in [0.3, 0.4) is 0 Å². The van der Waals surface area contributed by atoms with Crippen LogP contribution >= 0.6 is 0 Å². The highest BCUT2D eigenvalue weighted by Crippen LogP contribution is 2.27. The third-order valence-corrected chi connectivity index (χ3v) is 5.30. The Kier molecular flexibility index (Phi) is 5.02. The Hall–Kier alpha value is -3.26. The molecule has 0 atom stereocenters. The van der Waals surface area contributed by atoms with E-state index in [-0.39, 0.29) is 11.8 Å². The Balaban J connectivity index is 1.46. The summed E-state index contributed by atoms with van der Waals surface area (Å²) in [5.74, 6) is -0.204. The predicted octanol–water partition coefficient (Wildman–Crippen LogP) is 2.06. The van der Waals surface area contributed by atoms with Crippen LogP contribution in [0.4, 0.5) is 5.69 Å². The Bertz CT molecular complexity index is 1040. The fourth-order valence-electron chi connectivity index (χ4n) is 3.71. The zero-order valence-electron chi connectivity index (χ0n) is 16.2. The van der Waals surface area contributed by atoms with Crippen LogP contribution in [-0.4, -0.2) is 55.3 Å². The van der Waals surface area contributed by atoms with E-state index in [1.54, 1.807) is 40.3 Å². The lowest BCUT2D eigenvalue weighted by molar-refractivity contribution is -0.114. The van der Waals surface area contributed by atoms with Gasteiger partial charge in [0, 0.05) is 43.5 Å². The predicted molar refractivity (Wildman–Crippen MR) is 108 cm³/mol. The van der Waals surface area contributed by atoms with Crippen molar-refractivity contribution in [1.82, 2.24) is 19.7 Å². The van der Waals surface area contributed by atoms with Crippen molar-refractivity contribution >= 4 is 28.4 Å².